The topological polar surface area (TPSA) is 78.4 Å². The molecule has 2 amide bonds. The van der Waals surface area contributed by atoms with E-state index in [2.05, 4.69) is 10.6 Å². The lowest BCUT2D eigenvalue weighted by Gasteiger charge is -2.24. The number of hydrogen-bond donors (Lipinski definition) is 3. The van der Waals surface area contributed by atoms with Crippen LogP contribution in [0.4, 0.5) is 10.5 Å². The number of carboxylic acid groups (broad SMARTS) is 1. The maximum absolute atomic E-state index is 11.6. The second-order valence-corrected chi connectivity index (χ2v) is 3.94. The van der Waals surface area contributed by atoms with Gasteiger partial charge in [-0.1, -0.05) is 25.1 Å². The molecule has 1 rings (SSSR count). The predicted molar refractivity (Wildman–Crippen MR) is 64.9 cm³/mol. The molecule has 5 heteroatoms. The Morgan fingerprint density at radius 2 is 1.88 bits per heavy atom. The van der Waals surface area contributed by atoms with Crippen molar-refractivity contribution >= 4 is 17.7 Å². The average molecular weight is 236 g/mol. The zero-order valence-corrected chi connectivity index (χ0v) is 9.86. The molecule has 0 aliphatic carbocycles. The molecule has 1 aromatic carbocycles. The van der Waals surface area contributed by atoms with Crippen molar-refractivity contribution in [2.75, 3.05) is 5.32 Å². The number of para-hydroxylation sites is 1. The molecule has 3 N–H and O–H groups in total. The Balaban J connectivity index is 2.64. The molecule has 0 saturated heterocycles. The molecule has 0 bridgehead atoms. The molecule has 0 fully saturated rings. The van der Waals surface area contributed by atoms with Crippen molar-refractivity contribution in [1.29, 1.82) is 0 Å². The lowest BCUT2D eigenvalue weighted by atomic mass is 10.00. The van der Waals surface area contributed by atoms with Crippen LogP contribution in [0.25, 0.3) is 0 Å². The van der Waals surface area contributed by atoms with Crippen LogP contribution >= 0.6 is 0 Å². The first-order chi connectivity index (χ1) is 7.98. The summed E-state index contributed by atoms with van der Waals surface area (Å²) in [6.07, 6.45) is 0.310. The molecule has 0 aromatic heterocycles. The third-order valence-electron chi connectivity index (χ3n) is 2.60. The summed E-state index contributed by atoms with van der Waals surface area (Å²) in [5, 5.41) is 14.0. The standard InChI is InChI=1S/C12H16N2O3/c1-3-12(2,10(15)16)14-11(17)13-9-7-5-4-6-8-9/h4-8H,3H2,1-2H3,(H,15,16)(H2,13,14,17). The lowest BCUT2D eigenvalue weighted by Crippen LogP contribution is -2.53. The number of aliphatic carboxylic acids is 1. The third-order valence-corrected chi connectivity index (χ3v) is 2.60. The van der Waals surface area contributed by atoms with E-state index in [1.165, 1.54) is 6.92 Å². The highest BCUT2D eigenvalue weighted by Gasteiger charge is 2.32. The first-order valence-electron chi connectivity index (χ1n) is 5.35. The highest BCUT2D eigenvalue weighted by molar-refractivity contribution is 5.93. The van der Waals surface area contributed by atoms with E-state index >= 15 is 0 Å². The minimum absolute atomic E-state index is 0.310. The van der Waals surface area contributed by atoms with Gasteiger partial charge in [-0.3, -0.25) is 0 Å². The number of benzene rings is 1. The van der Waals surface area contributed by atoms with Crippen LogP contribution in [-0.4, -0.2) is 22.6 Å². The number of rotatable bonds is 4. The van der Waals surface area contributed by atoms with Gasteiger partial charge in [0.1, 0.15) is 5.54 Å². The normalized spacial score (nSPS) is 13.5. The predicted octanol–water partition coefficient (Wildman–Crippen LogP) is 2.06. The Labute approximate surface area is 99.8 Å². The number of nitrogens with one attached hydrogen (secondary N) is 2. The largest absolute Gasteiger partial charge is 0.480 e. The maximum atomic E-state index is 11.6. The first kappa shape index (κ1) is 13.0. The number of carbonyl (C=O) groups excluding carboxylic acids is 1. The van der Waals surface area contributed by atoms with Crippen molar-refractivity contribution in [3.05, 3.63) is 30.3 Å². The van der Waals surface area contributed by atoms with Crippen LogP contribution in [0.2, 0.25) is 0 Å². The SMILES string of the molecule is CCC(C)(NC(=O)Nc1ccccc1)C(=O)O. The minimum Gasteiger partial charge on any atom is -0.480 e. The first-order valence-corrected chi connectivity index (χ1v) is 5.35. The Morgan fingerprint density at radius 1 is 1.29 bits per heavy atom. The molecule has 0 aliphatic heterocycles. The van der Waals surface area contributed by atoms with Crippen molar-refractivity contribution in [2.45, 2.75) is 25.8 Å². The van der Waals surface area contributed by atoms with E-state index in [4.69, 9.17) is 5.11 Å². The highest BCUT2D eigenvalue weighted by atomic mass is 16.4. The molecule has 1 aromatic rings. The molecule has 92 valence electrons. The summed E-state index contributed by atoms with van der Waals surface area (Å²) in [7, 11) is 0. The molecule has 1 atom stereocenters. The van der Waals surface area contributed by atoms with E-state index in [-0.39, 0.29) is 0 Å². The maximum Gasteiger partial charge on any atom is 0.329 e. The molecule has 1 unspecified atom stereocenters. The highest BCUT2D eigenvalue weighted by Crippen LogP contribution is 2.10. The van der Waals surface area contributed by atoms with Crippen molar-refractivity contribution in [3.63, 3.8) is 0 Å². The van der Waals surface area contributed by atoms with Crippen LogP contribution in [0.15, 0.2) is 30.3 Å². The zero-order chi connectivity index (χ0) is 12.9. The van der Waals surface area contributed by atoms with Crippen LogP contribution in [0.3, 0.4) is 0 Å². The fraction of sp³-hybridized carbons (Fsp3) is 0.333. The summed E-state index contributed by atoms with van der Waals surface area (Å²) in [6, 6.07) is 8.32. The Bertz CT molecular complexity index is 405. The van der Waals surface area contributed by atoms with Gasteiger partial charge in [-0.25, -0.2) is 9.59 Å². The summed E-state index contributed by atoms with van der Waals surface area (Å²) in [4.78, 5) is 22.6. The molecule has 17 heavy (non-hydrogen) atoms. The number of carboxylic acids is 1. The Kier molecular flexibility index (Phi) is 4.09. The molecule has 0 aliphatic rings. The average Bonchev–Trinajstić information content (AvgIpc) is 2.29. The van der Waals surface area contributed by atoms with Crippen molar-refractivity contribution in [2.24, 2.45) is 0 Å². The molecular weight excluding hydrogens is 220 g/mol. The minimum atomic E-state index is -1.25. The van der Waals surface area contributed by atoms with E-state index in [0.717, 1.165) is 0 Å². The van der Waals surface area contributed by atoms with Gasteiger partial charge in [0.25, 0.3) is 0 Å². The van der Waals surface area contributed by atoms with Gasteiger partial charge in [-0.05, 0) is 25.5 Å². The molecule has 0 saturated carbocycles. The fourth-order valence-electron chi connectivity index (χ4n) is 1.23. The van der Waals surface area contributed by atoms with Gasteiger partial charge >= 0.3 is 12.0 Å². The van der Waals surface area contributed by atoms with Crippen LogP contribution in [0.1, 0.15) is 20.3 Å². The van der Waals surface area contributed by atoms with Crippen LogP contribution in [0.5, 0.6) is 0 Å². The van der Waals surface area contributed by atoms with Gasteiger partial charge in [0.2, 0.25) is 0 Å². The van der Waals surface area contributed by atoms with Crippen molar-refractivity contribution in [3.8, 4) is 0 Å². The van der Waals surface area contributed by atoms with Crippen molar-refractivity contribution < 1.29 is 14.7 Å². The second kappa shape index (κ2) is 5.34. The Hall–Kier alpha value is -2.04. The zero-order valence-electron chi connectivity index (χ0n) is 9.86. The van der Waals surface area contributed by atoms with Gasteiger partial charge < -0.3 is 15.7 Å². The summed E-state index contributed by atoms with van der Waals surface area (Å²) >= 11 is 0. The summed E-state index contributed by atoms with van der Waals surface area (Å²) in [5.74, 6) is -1.05. The van der Waals surface area contributed by atoms with Gasteiger partial charge in [0, 0.05) is 5.69 Å². The van der Waals surface area contributed by atoms with E-state index in [9.17, 15) is 9.59 Å². The monoisotopic (exact) mass is 236 g/mol. The van der Waals surface area contributed by atoms with E-state index in [1.54, 1.807) is 31.2 Å². The van der Waals surface area contributed by atoms with E-state index < -0.39 is 17.5 Å². The van der Waals surface area contributed by atoms with Crippen LogP contribution in [-0.2, 0) is 4.79 Å². The number of urea groups is 1. The fourth-order valence-corrected chi connectivity index (χ4v) is 1.23. The molecule has 5 nitrogen and oxygen atoms in total. The number of hydrogen-bond acceptors (Lipinski definition) is 2. The molecule has 0 heterocycles. The van der Waals surface area contributed by atoms with Crippen LogP contribution < -0.4 is 10.6 Å². The summed E-state index contributed by atoms with van der Waals surface area (Å²) in [6.45, 7) is 3.18. The molecule has 0 spiro atoms. The van der Waals surface area contributed by atoms with Gasteiger partial charge in [0.05, 0.1) is 0 Å². The summed E-state index contributed by atoms with van der Waals surface area (Å²) in [5.41, 5.74) is -0.632. The Morgan fingerprint density at radius 3 is 2.35 bits per heavy atom. The lowest BCUT2D eigenvalue weighted by molar-refractivity contribution is -0.143. The number of amides is 2. The van der Waals surface area contributed by atoms with E-state index in [1.807, 2.05) is 6.07 Å². The van der Waals surface area contributed by atoms with E-state index in [0.29, 0.717) is 12.1 Å². The van der Waals surface area contributed by atoms with Crippen molar-refractivity contribution in [1.82, 2.24) is 5.32 Å². The van der Waals surface area contributed by atoms with Gasteiger partial charge in [-0.2, -0.15) is 0 Å². The number of carbonyl (C=O) groups is 2. The number of anilines is 1. The second-order valence-electron chi connectivity index (χ2n) is 3.94. The van der Waals surface area contributed by atoms with Gasteiger partial charge in [0.15, 0.2) is 0 Å². The quantitative estimate of drug-likeness (QED) is 0.748. The molecular formula is C12H16N2O3. The molecule has 0 radical (unpaired) electrons. The van der Waals surface area contributed by atoms with Gasteiger partial charge in [-0.15, -0.1) is 0 Å². The third kappa shape index (κ3) is 3.48. The summed E-state index contributed by atoms with van der Waals surface area (Å²) < 4.78 is 0. The van der Waals surface area contributed by atoms with Crippen LogP contribution in [0, 0.1) is 0 Å². The smallest absolute Gasteiger partial charge is 0.329 e.